The molecule has 33 heavy (non-hydrogen) atoms. The molecule has 178 valence electrons. The first-order chi connectivity index (χ1) is 15.5. The van der Waals surface area contributed by atoms with E-state index in [9.17, 15) is 14.4 Å². The fourth-order valence-electron chi connectivity index (χ4n) is 5.43. The Morgan fingerprint density at radius 2 is 1.85 bits per heavy atom. The van der Waals surface area contributed by atoms with Crippen molar-refractivity contribution in [1.82, 2.24) is 0 Å². The second-order valence-electron chi connectivity index (χ2n) is 9.80. The average molecular weight is 460 g/mol. The van der Waals surface area contributed by atoms with E-state index in [2.05, 4.69) is 6.58 Å². The normalized spacial score (nSPS) is 40.7. The van der Waals surface area contributed by atoms with Crippen LogP contribution in [0.25, 0.3) is 0 Å². The van der Waals surface area contributed by atoms with E-state index in [0.29, 0.717) is 23.5 Å². The number of aryl methyl sites for hydroxylation is 1. The largest absolute Gasteiger partial charge is 0.459 e. The van der Waals surface area contributed by atoms with Crippen LogP contribution < -0.4 is 0 Å². The summed E-state index contributed by atoms with van der Waals surface area (Å²) in [5, 5.41) is 0. The monoisotopic (exact) mass is 460 g/mol. The van der Waals surface area contributed by atoms with E-state index in [1.807, 2.05) is 19.9 Å². The third-order valence-corrected chi connectivity index (χ3v) is 7.13. The molecule has 3 saturated heterocycles. The van der Waals surface area contributed by atoms with Gasteiger partial charge >= 0.3 is 17.9 Å². The van der Waals surface area contributed by atoms with Crippen LogP contribution in [0.2, 0.25) is 0 Å². The molecule has 8 atom stereocenters. The quantitative estimate of drug-likeness (QED) is 0.290. The molecule has 0 spiro atoms. The first kappa shape index (κ1) is 22.2. The number of ether oxygens (including phenoxy) is 5. The number of hydrogen-bond donors (Lipinski definition) is 0. The average Bonchev–Trinajstić information content (AvgIpc) is 3.53. The summed E-state index contributed by atoms with van der Waals surface area (Å²) in [6, 6.07) is 1.88. The summed E-state index contributed by atoms with van der Waals surface area (Å²) >= 11 is 0. The van der Waals surface area contributed by atoms with Crippen molar-refractivity contribution in [3.8, 4) is 0 Å². The standard InChI is InChI=1S/C24H28O9/c1-10(2)14-8-17(28-12(4)25)24-21(33-24)16(31-22(24)27)9-23(6)20(32-23)15-7-11(3)18(30-15)19(14)29-13(5)26/h7,14,16-17,19-21H,1,8-9H2,2-6H3/t14-,16-,17+,19-,20+,21-,23+,24-/m1/s1. The highest BCUT2D eigenvalue weighted by atomic mass is 16.7. The summed E-state index contributed by atoms with van der Waals surface area (Å²) in [6.07, 6.45) is -2.65. The summed E-state index contributed by atoms with van der Waals surface area (Å²) in [5.74, 6) is -1.03. The Kier molecular flexibility index (Phi) is 4.82. The maximum absolute atomic E-state index is 13.0. The first-order valence-corrected chi connectivity index (χ1v) is 11.1. The number of esters is 3. The molecular weight excluding hydrogens is 432 g/mol. The molecule has 0 aliphatic carbocycles. The number of rotatable bonds is 3. The van der Waals surface area contributed by atoms with Gasteiger partial charge in [-0.05, 0) is 38.8 Å². The molecule has 4 aliphatic rings. The highest BCUT2D eigenvalue weighted by Crippen LogP contribution is 2.60. The maximum Gasteiger partial charge on any atom is 0.345 e. The fourth-order valence-corrected chi connectivity index (χ4v) is 5.43. The Morgan fingerprint density at radius 3 is 2.45 bits per heavy atom. The minimum absolute atomic E-state index is 0.137. The van der Waals surface area contributed by atoms with Crippen LogP contribution >= 0.6 is 0 Å². The van der Waals surface area contributed by atoms with Gasteiger partial charge < -0.3 is 28.1 Å². The van der Waals surface area contributed by atoms with Gasteiger partial charge in [-0.3, -0.25) is 9.59 Å². The zero-order chi connectivity index (χ0) is 23.9. The van der Waals surface area contributed by atoms with Crippen LogP contribution in [0.15, 0.2) is 22.6 Å². The highest BCUT2D eigenvalue weighted by Gasteiger charge is 2.79. The number of hydrogen-bond acceptors (Lipinski definition) is 9. The van der Waals surface area contributed by atoms with E-state index in [1.165, 1.54) is 13.8 Å². The zero-order valence-corrected chi connectivity index (χ0v) is 19.3. The van der Waals surface area contributed by atoms with Crippen molar-refractivity contribution in [2.45, 2.75) is 89.2 Å². The molecule has 4 bridgehead atoms. The SMILES string of the molecule is C=C(C)[C@H]1C[C@H](OC(C)=O)[C@@]23O[C@@H]2[C@@H](C[C@]2(C)O[C@H]2c2cc(C)c(o2)[C@@H]1OC(C)=O)OC3=O. The lowest BCUT2D eigenvalue weighted by molar-refractivity contribution is -0.168. The van der Waals surface area contributed by atoms with Crippen molar-refractivity contribution in [2.24, 2.45) is 5.92 Å². The molecule has 3 fully saturated rings. The second-order valence-corrected chi connectivity index (χ2v) is 9.80. The van der Waals surface area contributed by atoms with E-state index in [4.69, 9.17) is 28.1 Å². The van der Waals surface area contributed by atoms with Gasteiger partial charge in [0.05, 0.1) is 0 Å². The van der Waals surface area contributed by atoms with E-state index in [-0.39, 0.29) is 12.5 Å². The predicted octanol–water partition coefficient (Wildman–Crippen LogP) is 3.00. The van der Waals surface area contributed by atoms with Crippen molar-refractivity contribution in [3.63, 3.8) is 0 Å². The molecule has 9 nitrogen and oxygen atoms in total. The highest BCUT2D eigenvalue weighted by molar-refractivity contribution is 5.88. The molecule has 0 saturated carbocycles. The summed E-state index contributed by atoms with van der Waals surface area (Å²) < 4.78 is 35.1. The van der Waals surface area contributed by atoms with Gasteiger partial charge in [0.25, 0.3) is 0 Å². The lowest BCUT2D eigenvalue weighted by Crippen LogP contribution is -2.42. The Labute approximate surface area is 191 Å². The molecule has 0 amide bonds. The molecule has 0 radical (unpaired) electrons. The molecule has 0 N–H and O–H groups in total. The predicted molar refractivity (Wildman–Crippen MR) is 111 cm³/mol. The van der Waals surface area contributed by atoms with Gasteiger partial charge in [0, 0.05) is 26.2 Å². The maximum atomic E-state index is 13.0. The van der Waals surface area contributed by atoms with Crippen molar-refractivity contribution >= 4 is 17.9 Å². The molecule has 0 unspecified atom stereocenters. The van der Waals surface area contributed by atoms with Gasteiger partial charge in [0.1, 0.15) is 41.5 Å². The molecule has 1 aromatic rings. The topological polar surface area (TPSA) is 117 Å². The van der Waals surface area contributed by atoms with Crippen LogP contribution in [-0.2, 0) is 38.1 Å². The summed E-state index contributed by atoms with van der Waals surface area (Å²) in [7, 11) is 0. The number of fused-ring (bicyclic) bond motifs is 4. The van der Waals surface area contributed by atoms with Crippen LogP contribution in [0.5, 0.6) is 0 Å². The van der Waals surface area contributed by atoms with Gasteiger partial charge in [-0.2, -0.15) is 0 Å². The minimum atomic E-state index is -1.39. The van der Waals surface area contributed by atoms with Gasteiger partial charge in [-0.15, -0.1) is 0 Å². The molecule has 0 aromatic carbocycles. The van der Waals surface area contributed by atoms with Crippen LogP contribution in [0.1, 0.15) is 69.8 Å². The molecule has 5 rings (SSSR count). The second kappa shape index (κ2) is 7.17. The van der Waals surface area contributed by atoms with E-state index in [1.54, 1.807) is 6.92 Å². The summed E-state index contributed by atoms with van der Waals surface area (Å²) in [4.78, 5) is 37.1. The minimum Gasteiger partial charge on any atom is -0.459 e. The lowest BCUT2D eigenvalue weighted by Gasteiger charge is -2.30. The van der Waals surface area contributed by atoms with Crippen molar-refractivity contribution in [1.29, 1.82) is 0 Å². The molecule has 5 heterocycles. The zero-order valence-electron chi connectivity index (χ0n) is 19.3. The molecule has 9 heteroatoms. The summed E-state index contributed by atoms with van der Waals surface area (Å²) in [5.41, 5.74) is -0.517. The van der Waals surface area contributed by atoms with Crippen LogP contribution in [0, 0.1) is 12.8 Å². The smallest absolute Gasteiger partial charge is 0.345 e. The third-order valence-electron chi connectivity index (χ3n) is 7.13. The number of furan rings is 1. The Balaban J connectivity index is 1.63. The molecule has 1 aromatic heterocycles. The number of carbonyl (C=O) groups is 3. The third kappa shape index (κ3) is 3.40. The Bertz CT molecular complexity index is 1060. The van der Waals surface area contributed by atoms with Crippen molar-refractivity contribution < 1.29 is 42.5 Å². The van der Waals surface area contributed by atoms with Crippen molar-refractivity contribution in [2.75, 3.05) is 0 Å². The van der Waals surface area contributed by atoms with Gasteiger partial charge in [0.15, 0.2) is 6.10 Å². The fraction of sp³-hybridized carbons (Fsp3) is 0.625. The summed E-state index contributed by atoms with van der Waals surface area (Å²) in [6.45, 7) is 12.3. The van der Waals surface area contributed by atoms with Crippen LogP contribution in [-0.4, -0.2) is 47.4 Å². The number of epoxide rings is 2. The van der Waals surface area contributed by atoms with Crippen LogP contribution in [0.3, 0.4) is 0 Å². The van der Waals surface area contributed by atoms with Crippen LogP contribution in [0.4, 0.5) is 0 Å². The van der Waals surface area contributed by atoms with Crippen molar-refractivity contribution in [3.05, 3.63) is 35.3 Å². The Morgan fingerprint density at radius 1 is 1.15 bits per heavy atom. The number of carbonyl (C=O) groups excluding carboxylic acids is 3. The van der Waals surface area contributed by atoms with E-state index >= 15 is 0 Å². The van der Waals surface area contributed by atoms with E-state index < -0.39 is 59.4 Å². The Hall–Kier alpha value is -2.65. The molecule has 4 aliphatic heterocycles. The van der Waals surface area contributed by atoms with Gasteiger partial charge in [-0.1, -0.05) is 12.2 Å². The first-order valence-electron chi connectivity index (χ1n) is 11.1. The lowest BCUT2D eigenvalue weighted by atomic mass is 9.82. The van der Waals surface area contributed by atoms with Gasteiger partial charge in [0.2, 0.25) is 5.60 Å². The molecular formula is C24H28O9. The van der Waals surface area contributed by atoms with E-state index in [0.717, 1.165) is 5.56 Å². The van der Waals surface area contributed by atoms with Gasteiger partial charge in [-0.25, -0.2) is 4.79 Å².